The van der Waals surface area contributed by atoms with Gasteiger partial charge in [0.05, 0.1) is 7.11 Å². The zero-order valence-corrected chi connectivity index (χ0v) is 16.8. The van der Waals surface area contributed by atoms with Crippen molar-refractivity contribution in [1.29, 1.82) is 0 Å². The Morgan fingerprint density at radius 1 is 1.30 bits per heavy atom. The Bertz CT molecular complexity index is 1130. The van der Waals surface area contributed by atoms with Crippen LogP contribution in [0.1, 0.15) is 19.8 Å². The van der Waals surface area contributed by atoms with Crippen LogP contribution in [0, 0.1) is 11.7 Å². The van der Waals surface area contributed by atoms with Crippen LogP contribution in [-0.2, 0) is 11.3 Å². The number of fused-ring (bicyclic) bond motifs is 1. The molecule has 1 fully saturated rings. The fourth-order valence-corrected chi connectivity index (χ4v) is 3.49. The molecule has 0 atom stereocenters. The Morgan fingerprint density at radius 3 is 2.77 bits per heavy atom. The number of piperidine rings is 1. The van der Waals surface area contributed by atoms with Gasteiger partial charge in [0.1, 0.15) is 12.4 Å². The Kier molecular flexibility index (Phi) is 5.39. The van der Waals surface area contributed by atoms with Gasteiger partial charge in [-0.05, 0) is 37.0 Å². The van der Waals surface area contributed by atoms with Crippen LogP contribution >= 0.6 is 0 Å². The van der Waals surface area contributed by atoms with Gasteiger partial charge in [-0.15, -0.1) is 5.10 Å². The van der Waals surface area contributed by atoms with Crippen LogP contribution in [0.2, 0.25) is 0 Å². The number of carbonyl (C=O) groups is 1. The molecule has 1 aliphatic rings. The number of methoxy groups -OCH3 is 1. The zero-order valence-electron chi connectivity index (χ0n) is 16.8. The van der Waals surface area contributed by atoms with E-state index in [1.807, 2.05) is 0 Å². The van der Waals surface area contributed by atoms with Gasteiger partial charge in [0.2, 0.25) is 5.91 Å². The number of nitrogens with one attached hydrogen (secondary N) is 1. The number of amides is 1. The lowest BCUT2D eigenvalue weighted by Gasteiger charge is -2.30. The summed E-state index contributed by atoms with van der Waals surface area (Å²) in [6, 6.07) is 5.86. The predicted molar refractivity (Wildman–Crippen MR) is 109 cm³/mol. The van der Waals surface area contributed by atoms with Crippen LogP contribution in [0.15, 0.2) is 35.3 Å². The highest BCUT2D eigenvalue weighted by atomic mass is 19.1. The summed E-state index contributed by atoms with van der Waals surface area (Å²) in [5, 5.41) is 6.73. The van der Waals surface area contributed by atoms with Crippen molar-refractivity contribution in [3.63, 3.8) is 0 Å². The topological polar surface area (TPSA) is 93.8 Å². The minimum atomic E-state index is -0.593. The van der Waals surface area contributed by atoms with Gasteiger partial charge in [0.25, 0.3) is 5.78 Å². The van der Waals surface area contributed by atoms with Crippen LogP contribution < -0.4 is 20.6 Å². The summed E-state index contributed by atoms with van der Waals surface area (Å²) < 4.78 is 21.0. The van der Waals surface area contributed by atoms with Gasteiger partial charge in [-0.1, -0.05) is 6.92 Å². The first-order valence-corrected chi connectivity index (χ1v) is 9.79. The van der Waals surface area contributed by atoms with Gasteiger partial charge in [-0.25, -0.2) is 18.3 Å². The van der Waals surface area contributed by atoms with Gasteiger partial charge in [-0.2, -0.15) is 4.98 Å². The van der Waals surface area contributed by atoms with E-state index in [1.165, 1.54) is 23.6 Å². The zero-order chi connectivity index (χ0) is 21.3. The van der Waals surface area contributed by atoms with Gasteiger partial charge in [0.15, 0.2) is 11.6 Å². The van der Waals surface area contributed by atoms with E-state index in [2.05, 4.69) is 27.2 Å². The number of anilines is 2. The van der Waals surface area contributed by atoms with Crippen LogP contribution in [0.25, 0.3) is 5.78 Å². The highest BCUT2D eigenvalue weighted by molar-refractivity contribution is 5.90. The molecule has 3 heterocycles. The van der Waals surface area contributed by atoms with Crippen molar-refractivity contribution in [2.75, 3.05) is 30.4 Å². The quantitative estimate of drug-likeness (QED) is 0.686. The first-order chi connectivity index (χ1) is 14.4. The summed E-state index contributed by atoms with van der Waals surface area (Å²) in [7, 11) is 1.36. The van der Waals surface area contributed by atoms with Crippen molar-refractivity contribution < 1.29 is 13.9 Å². The number of hydrogen-bond acceptors (Lipinski definition) is 6. The molecule has 4 rings (SSSR count). The second-order valence-corrected chi connectivity index (χ2v) is 7.46. The molecule has 0 bridgehead atoms. The van der Waals surface area contributed by atoms with Gasteiger partial charge >= 0.3 is 5.69 Å². The molecule has 0 spiro atoms. The molecule has 1 N–H and O–H groups in total. The van der Waals surface area contributed by atoms with E-state index >= 15 is 0 Å². The minimum absolute atomic E-state index is 0.0783. The first-order valence-electron chi connectivity index (χ1n) is 9.79. The smallest absolute Gasteiger partial charge is 0.352 e. The molecular formula is C20H23FN6O3. The molecule has 10 heteroatoms. The molecule has 30 heavy (non-hydrogen) atoms. The van der Waals surface area contributed by atoms with Crippen molar-refractivity contribution in [3.05, 3.63) is 46.8 Å². The van der Waals surface area contributed by atoms with E-state index in [4.69, 9.17) is 4.74 Å². The molecule has 1 aromatic carbocycles. The largest absolute Gasteiger partial charge is 0.494 e. The average Bonchev–Trinajstić information content (AvgIpc) is 3.03. The average molecular weight is 414 g/mol. The normalized spacial score (nSPS) is 14.8. The SMILES string of the molecule is COc1ccc(NC(=O)Cn2nc3nc(N4CCC(C)CC4)ccn3c2=O)cc1F. The molecule has 1 amide bonds. The lowest BCUT2D eigenvalue weighted by Crippen LogP contribution is -2.33. The molecule has 1 saturated heterocycles. The monoisotopic (exact) mass is 414 g/mol. The molecule has 9 nitrogen and oxygen atoms in total. The van der Waals surface area contributed by atoms with Crippen molar-refractivity contribution in [2.24, 2.45) is 5.92 Å². The minimum Gasteiger partial charge on any atom is -0.494 e. The van der Waals surface area contributed by atoms with Crippen LogP contribution in [-0.4, -0.2) is 45.3 Å². The van der Waals surface area contributed by atoms with Crippen molar-refractivity contribution in [2.45, 2.75) is 26.3 Å². The Hall–Kier alpha value is -3.43. The molecular weight excluding hydrogens is 391 g/mol. The maximum atomic E-state index is 13.8. The van der Waals surface area contributed by atoms with Crippen LogP contribution in [0.5, 0.6) is 5.75 Å². The number of aromatic nitrogens is 4. The molecule has 1 aliphatic heterocycles. The lowest BCUT2D eigenvalue weighted by molar-refractivity contribution is -0.117. The Labute approximate surface area is 172 Å². The number of carbonyl (C=O) groups excluding carboxylic acids is 1. The van der Waals surface area contributed by atoms with Gasteiger partial charge < -0.3 is 15.0 Å². The Morgan fingerprint density at radius 2 is 2.07 bits per heavy atom. The summed E-state index contributed by atoms with van der Waals surface area (Å²) in [6.07, 6.45) is 3.82. The molecule has 3 aromatic rings. The molecule has 158 valence electrons. The van der Waals surface area contributed by atoms with Crippen molar-refractivity contribution in [1.82, 2.24) is 19.2 Å². The van der Waals surface area contributed by atoms with E-state index in [1.54, 1.807) is 12.3 Å². The number of rotatable bonds is 5. The van der Waals surface area contributed by atoms with Crippen molar-refractivity contribution in [3.8, 4) is 5.75 Å². The summed E-state index contributed by atoms with van der Waals surface area (Å²) >= 11 is 0. The number of nitrogens with zero attached hydrogens (tertiary/aromatic N) is 5. The van der Waals surface area contributed by atoms with Crippen LogP contribution in [0.4, 0.5) is 15.9 Å². The third kappa shape index (κ3) is 3.98. The fourth-order valence-electron chi connectivity index (χ4n) is 3.49. The maximum absolute atomic E-state index is 13.8. The number of ether oxygens (including phenoxy) is 1. The van der Waals surface area contributed by atoms with Gasteiger partial charge in [0, 0.05) is 31.0 Å². The van der Waals surface area contributed by atoms with Gasteiger partial charge in [-0.3, -0.25) is 4.79 Å². The third-order valence-electron chi connectivity index (χ3n) is 5.28. The maximum Gasteiger partial charge on any atom is 0.352 e. The first kappa shape index (κ1) is 19.9. The number of benzene rings is 1. The standard InChI is InChI=1S/C20H23FN6O3/c1-13-5-8-25(9-6-13)17-7-10-26-19(23-17)24-27(20(26)29)12-18(28)22-14-3-4-16(30-2)15(21)11-14/h3-4,7,10-11,13H,5-6,8-9,12H2,1-2H3,(H,22,28). The number of hydrogen-bond donors (Lipinski definition) is 1. The van der Waals surface area contributed by atoms with E-state index in [0.29, 0.717) is 5.92 Å². The highest BCUT2D eigenvalue weighted by Gasteiger charge is 2.19. The summed E-state index contributed by atoms with van der Waals surface area (Å²) in [6.45, 7) is 3.75. The molecule has 0 radical (unpaired) electrons. The lowest BCUT2D eigenvalue weighted by atomic mass is 9.99. The second-order valence-electron chi connectivity index (χ2n) is 7.46. The Balaban J connectivity index is 1.50. The highest BCUT2D eigenvalue weighted by Crippen LogP contribution is 2.22. The van der Waals surface area contributed by atoms with E-state index in [-0.39, 0.29) is 23.8 Å². The summed E-state index contributed by atoms with van der Waals surface area (Å²) in [5.41, 5.74) is -0.206. The van der Waals surface area contributed by atoms with Crippen LogP contribution in [0.3, 0.4) is 0 Å². The van der Waals surface area contributed by atoms with Crippen molar-refractivity contribution >= 4 is 23.2 Å². The number of halogens is 1. The predicted octanol–water partition coefficient (Wildman–Crippen LogP) is 1.91. The summed E-state index contributed by atoms with van der Waals surface area (Å²) in [5.74, 6) is 0.683. The third-order valence-corrected chi connectivity index (χ3v) is 5.28. The summed E-state index contributed by atoms with van der Waals surface area (Å²) in [4.78, 5) is 31.5. The molecule has 0 saturated carbocycles. The molecule has 2 aromatic heterocycles. The van der Waals surface area contributed by atoms with E-state index < -0.39 is 17.4 Å². The molecule has 0 aliphatic carbocycles. The van der Waals surface area contributed by atoms with E-state index in [0.717, 1.165) is 42.5 Å². The second kappa shape index (κ2) is 8.13. The molecule has 0 unspecified atom stereocenters. The fraction of sp³-hybridized carbons (Fsp3) is 0.400. The van der Waals surface area contributed by atoms with E-state index in [9.17, 15) is 14.0 Å².